The van der Waals surface area contributed by atoms with Crippen LogP contribution in [0.15, 0.2) is 22.7 Å². The van der Waals surface area contributed by atoms with Crippen molar-refractivity contribution in [2.45, 2.75) is 19.5 Å². The first-order valence-corrected chi connectivity index (χ1v) is 5.46. The SMILES string of the molecule is C#CC(C)NCc1ccc(Br)c([N+](=O)[O-])c1. The molecule has 0 aliphatic heterocycles. The first-order chi connectivity index (χ1) is 7.54. The predicted molar refractivity (Wildman–Crippen MR) is 65.9 cm³/mol. The molecule has 1 N–H and O–H groups in total. The molecule has 1 aromatic rings. The molecular weight excluding hydrogens is 272 g/mol. The second kappa shape index (κ2) is 5.64. The van der Waals surface area contributed by atoms with Crippen LogP contribution in [-0.4, -0.2) is 11.0 Å². The molecule has 1 aromatic carbocycles. The second-order valence-corrected chi connectivity index (χ2v) is 4.17. The van der Waals surface area contributed by atoms with Crippen LogP contribution < -0.4 is 5.32 Å². The zero-order chi connectivity index (χ0) is 12.1. The molecule has 1 unspecified atom stereocenters. The Morgan fingerprint density at radius 2 is 2.38 bits per heavy atom. The Labute approximate surface area is 102 Å². The van der Waals surface area contributed by atoms with Gasteiger partial charge in [-0.1, -0.05) is 12.0 Å². The molecule has 0 radical (unpaired) electrons. The van der Waals surface area contributed by atoms with Crippen LogP contribution in [0, 0.1) is 22.5 Å². The fraction of sp³-hybridized carbons (Fsp3) is 0.273. The second-order valence-electron chi connectivity index (χ2n) is 3.31. The highest BCUT2D eigenvalue weighted by Gasteiger charge is 2.12. The summed E-state index contributed by atoms with van der Waals surface area (Å²) in [6.07, 6.45) is 5.21. The number of nitro benzene ring substituents is 1. The Morgan fingerprint density at radius 1 is 1.69 bits per heavy atom. The largest absolute Gasteiger partial charge is 0.300 e. The van der Waals surface area contributed by atoms with Crippen LogP contribution in [0.25, 0.3) is 0 Å². The summed E-state index contributed by atoms with van der Waals surface area (Å²) in [5, 5.41) is 13.8. The van der Waals surface area contributed by atoms with Gasteiger partial charge in [0.1, 0.15) is 0 Å². The molecule has 0 spiro atoms. The summed E-state index contributed by atoms with van der Waals surface area (Å²) in [6.45, 7) is 2.37. The molecule has 0 bridgehead atoms. The predicted octanol–water partition coefficient (Wildman–Crippen LogP) is 2.47. The van der Waals surface area contributed by atoms with E-state index in [4.69, 9.17) is 6.42 Å². The van der Waals surface area contributed by atoms with Crippen molar-refractivity contribution in [3.63, 3.8) is 0 Å². The lowest BCUT2D eigenvalue weighted by Crippen LogP contribution is -2.23. The van der Waals surface area contributed by atoms with Gasteiger partial charge in [0.2, 0.25) is 0 Å². The molecule has 1 atom stereocenters. The molecule has 4 nitrogen and oxygen atoms in total. The third-order valence-electron chi connectivity index (χ3n) is 2.07. The van der Waals surface area contributed by atoms with Gasteiger partial charge in [-0.15, -0.1) is 6.42 Å². The van der Waals surface area contributed by atoms with Gasteiger partial charge in [-0.2, -0.15) is 0 Å². The summed E-state index contributed by atoms with van der Waals surface area (Å²) in [7, 11) is 0. The van der Waals surface area contributed by atoms with Crippen LogP contribution in [0.4, 0.5) is 5.69 Å². The topological polar surface area (TPSA) is 55.2 Å². The van der Waals surface area contributed by atoms with E-state index < -0.39 is 4.92 Å². The molecule has 16 heavy (non-hydrogen) atoms. The molecule has 84 valence electrons. The lowest BCUT2D eigenvalue weighted by Gasteiger charge is -2.07. The molecule has 0 saturated carbocycles. The minimum absolute atomic E-state index is 0.0531. The standard InChI is InChI=1S/C11H11BrN2O2/c1-3-8(2)13-7-9-4-5-10(12)11(6-9)14(15)16/h1,4-6,8,13H,7H2,2H3. The minimum Gasteiger partial charge on any atom is -0.300 e. The third kappa shape index (κ3) is 3.33. The average Bonchev–Trinajstić information content (AvgIpc) is 2.27. The monoisotopic (exact) mass is 282 g/mol. The van der Waals surface area contributed by atoms with Gasteiger partial charge in [0.05, 0.1) is 15.4 Å². The number of benzene rings is 1. The van der Waals surface area contributed by atoms with Crippen molar-refractivity contribution < 1.29 is 4.92 Å². The molecule has 5 heteroatoms. The number of nitrogens with one attached hydrogen (secondary N) is 1. The van der Waals surface area contributed by atoms with Crippen molar-refractivity contribution in [3.8, 4) is 12.3 Å². The van der Waals surface area contributed by atoms with E-state index in [0.717, 1.165) is 5.56 Å². The molecule has 0 amide bonds. The van der Waals surface area contributed by atoms with Crippen LogP contribution in [0.3, 0.4) is 0 Å². The Balaban J connectivity index is 2.80. The number of halogens is 1. The number of rotatable bonds is 4. The van der Waals surface area contributed by atoms with Crippen LogP contribution in [-0.2, 0) is 6.54 Å². The third-order valence-corrected chi connectivity index (χ3v) is 2.74. The molecule has 0 saturated heterocycles. The van der Waals surface area contributed by atoms with Gasteiger partial charge < -0.3 is 0 Å². The van der Waals surface area contributed by atoms with Gasteiger partial charge >= 0.3 is 0 Å². The summed E-state index contributed by atoms with van der Waals surface area (Å²) in [6, 6.07) is 4.95. The highest BCUT2D eigenvalue weighted by Crippen LogP contribution is 2.25. The van der Waals surface area contributed by atoms with Gasteiger partial charge in [-0.25, -0.2) is 0 Å². The first-order valence-electron chi connectivity index (χ1n) is 4.67. The van der Waals surface area contributed by atoms with Gasteiger partial charge in [0.15, 0.2) is 0 Å². The van der Waals surface area contributed by atoms with E-state index in [1.807, 2.05) is 13.0 Å². The van der Waals surface area contributed by atoms with E-state index in [-0.39, 0.29) is 11.7 Å². The normalized spacial score (nSPS) is 11.8. The van der Waals surface area contributed by atoms with Crippen LogP contribution in [0.2, 0.25) is 0 Å². The highest BCUT2D eigenvalue weighted by molar-refractivity contribution is 9.10. The van der Waals surface area contributed by atoms with E-state index in [9.17, 15) is 10.1 Å². The first kappa shape index (κ1) is 12.7. The van der Waals surface area contributed by atoms with Crippen LogP contribution >= 0.6 is 15.9 Å². The van der Waals surface area contributed by atoms with E-state index in [2.05, 4.69) is 27.2 Å². The number of nitrogens with zero attached hydrogens (tertiary/aromatic N) is 1. The van der Waals surface area contributed by atoms with Crippen molar-refractivity contribution in [2.75, 3.05) is 0 Å². The summed E-state index contributed by atoms with van der Waals surface area (Å²) in [5.41, 5.74) is 0.893. The number of hydrogen-bond donors (Lipinski definition) is 1. The molecule has 0 aromatic heterocycles. The zero-order valence-electron chi connectivity index (χ0n) is 8.74. The molecule has 0 aliphatic carbocycles. The molecular formula is C11H11BrN2O2. The summed E-state index contributed by atoms with van der Waals surface area (Å²) in [5.74, 6) is 2.53. The highest BCUT2D eigenvalue weighted by atomic mass is 79.9. The minimum atomic E-state index is -0.418. The summed E-state index contributed by atoms with van der Waals surface area (Å²) in [4.78, 5) is 10.3. The van der Waals surface area contributed by atoms with Gasteiger partial charge in [0.25, 0.3) is 5.69 Å². The maximum absolute atomic E-state index is 10.7. The van der Waals surface area contributed by atoms with Crippen molar-refractivity contribution in [2.24, 2.45) is 0 Å². The molecule has 0 heterocycles. The van der Waals surface area contributed by atoms with Crippen molar-refractivity contribution in [3.05, 3.63) is 38.3 Å². The van der Waals surface area contributed by atoms with E-state index in [0.29, 0.717) is 11.0 Å². The Hall–Kier alpha value is -1.38. The molecule has 1 rings (SSSR count). The van der Waals surface area contributed by atoms with Crippen molar-refractivity contribution in [1.29, 1.82) is 0 Å². The zero-order valence-corrected chi connectivity index (χ0v) is 10.3. The quantitative estimate of drug-likeness (QED) is 0.524. The Kier molecular flexibility index (Phi) is 4.47. The number of nitro groups is 1. The average molecular weight is 283 g/mol. The Morgan fingerprint density at radius 3 is 2.94 bits per heavy atom. The van der Waals surface area contributed by atoms with Crippen molar-refractivity contribution in [1.82, 2.24) is 5.32 Å². The fourth-order valence-electron chi connectivity index (χ4n) is 1.14. The van der Waals surface area contributed by atoms with E-state index in [1.54, 1.807) is 6.07 Å². The maximum atomic E-state index is 10.7. The van der Waals surface area contributed by atoms with Gasteiger partial charge in [0, 0.05) is 12.6 Å². The summed E-state index contributed by atoms with van der Waals surface area (Å²) >= 11 is 3.13. The smallest absolute Gasteiger partial charge is 0.283 e. The lowest BCUT2D eigenvalue weighted by molar-refractivity contribution is -0.385. The van der Waals surface area contributed by atoms with Gasteiger partial charge in [-0.3, -0.25) is 15.4 Å². The van der Waals surface area contributed by atoms with Crippen LogP contribution in [0.1, 0.15) is 12.5 Å². The van der Waals surface area contributed by atoms with Gasteiger partial charge in [-0.05, 0) is 34.5 Å². The molecule has 0 fully saturated rings. The van der Waals surface area contributed by atoms with E-state index >= 15 is 0 Å². The Bertz CT molecular complexity index is 440. The fourth-order valence-corrected chi connectivity index (χ4v) is 1.53. The molecule has 0 aliphatic rings. The number of terminal acetylenes is 1. The van der Waals surface area contributed by atoms with Crippen molar-refractivity contribution >= 4 is 21.6 Å². The van der Waals surface area contributed by atoms with Crippen LogP contribution in [0.5, 0.6) is 0 Å². The maximum Gasteiger partial charge on any atom is 0.283 e. The summed E-state index contributed by atoms with van der Waals surface area (Å²) < 4.78 is 0.478. The lowest BCUT2D eigenvalue weighted by atomic mass is 10.2. The number of hydrogen-bond acceptors (Lipinski definition) is 3. The van der Waals surface area contributed by atoms with E-state index in [1.165, 1.54) is 6.07 Å².